The molecule has 1 aromatic rings. The molecule has 1 aliphatic rings. The molecule has 26 heavy (non-hydrogen) atoms. The third-order valence-electron chi connectivity index (χ3n) is 3.88. The first kappa shape index (κ1) is 22.3. The van der Waals surface area contributed by atoms with Crippen LogP contribution in [0.15, 0.2) is 12.1 Å². The number of carbonyl (C=O) groups is 2. The monoisotopic (exact) mass is 406 g/mol. The van der Waals surface area contributed by atoms with Gasteiger partial charge in [-0.1, -0.05) is 11.3 Å². The quantitative estimate of drug-likeness (QED) is 0.360. The molecule has 11 heteroatoms. The van der Waals surface area contributed by atoms with Gasteiger partial charge in [0.05, 0.1) is 16.4 Å². The highest BCUT2D eigenvalue weighted by atomic mass is 35.5. The summed E-state index contributed by atoms with van der Waals surface area (Å²) in [5.41, 5.74) is 0. The summed E-state index contributed by atoms with van der Waals surface area (Å²) in [5, 5.41) is 16.6. The van der Waals surface area contributed by atoms with E-state index in [1.807, 2.05) is 0 Å². The Hall–Kier alpha value is -1.75. The molecule has 0 saturated carbocycles. The van der Waals surface area contributed by atoms with Crippen molar-refractivity contribution < 1.29 is 19.2 Å². The lowest BCUT2D eigenvalue weighted by Crippen LogP contribution is -2.47. The Kier molecular flexibility index (Phi) is 9.49. The van der Waals surface area contributed by atoms with E-state index >= 15 is 0 Å². The molecule has 146 valence electrons. The van der Waals surface area contributed by atoms with Crippen molar-refractivity contribution in [2.45, 2.75) is 18.9 Å². The fraction of sp³-hybridized carbons (Fsp3) is 0.600. The van der Waals surface area contributed by atoms with E-state index in [0.717, 1.165) is 17.8 Å². The molecular weight excluding hydrogens is 384 g/mol. The average Bonchev–Trinajstić information content (AvgIpc) is 3.26. The number of carbonyl (C=O) groups excluding carboxylic acids is 2. The number of ether oxygens (including phenoxy) is 1. The van der Waals surface area contributed by atoms with Gasteiger partial charge in [-0.2, -0.15) is 0 Å². The summed E-state index contributed by atoms with van der Waals surface area (Å²) in [4.78, 5) is 36.9. The summed E-state index contributed by atoms with van der Waals surface area (Å²) in [6.45, 7) is 2.87. The van der Waals surface area contributed by atoms with E-state index < -0.39 is 11.0 Å². The van der Waals surface area contributed by atoms with Gasteiger partial charge in [0, 0.05) is 39.4 Å². The molecule has 1 atom stereocenters. The van der Waals surface area contributed by atoms with Crippen LogP contribution in [-0.4, -0.2) is 67.6 Å². The number of hydrogen-bond donors (Lipinski definition) is 2. The average molecular weight is 407 g/mol. The molecule has 9 nitrogen and oxygen atoms in total. The highest BCUT2D eigenvalue weighted by Gasteiger charge is 2.35. The van der Waals surface area contributed by atoms with E-state index in [-0.39, 0.29) is 34.1 Å². The highest BCUT2D eigenvalue weighted by Crippen LogP contribution is 2.28. The van der Waals surface area contributed by atoms with Crippen molar-refractivity contribution in [2.24, 2.45) is 0 Å². The summed E-state index contributed by atoms with van der Waals surface area (Å²) in [6, 6.07) is 2.24. The SMILES string of the molecule is COCCNCCNC(=O)C1CCCN1C(=O)c1ccc([N+](=O)[O-])s1.Cl. The number of methoxy groups -OCH3 is 1. The van der Waals surface area contributed by atoms with Gasteiger partial charge in [-0.15, -0.1) is 12.4 Å². The van der Waals surface area contributed by atoms with Gasteiger partial charge in [-0.25, -0.2) is 0 Å². The van der Waals surface area contributed by atoms with Crippen LogP contribution < -0.4 is 10.6 Å². The van der Waals surface area contributed by atoms with Gasteiger partial charge in [-0.3, -0.25) is 19.7 Å². The topological polar surface area (TPSA) is 114 Å². The molecule has 1 unspecified atom stereocenters. The summed E-state index contributed by atoms with van der Waals surface area (Å²) < 4.78 is 4.91. The van der Waals surface area contributed by atoms with Crippen molar-refractivity contribution >= 4 is 40.6 Å². The second-order valence-electron chi connectivity index (χ2n) is 5.59. The van der Waals surface area contributed by atoms with Gasteiger partial charge >= 0.3 is 5.00 Å². The molecule has 1 saturated heterocycles. The molecular formula is C15H23ClN4O5S. The third kappa shape index (κ3) is 5.90. The first-order valence-electron chi connectivity index (χ1n) is 8.07. The molecule has 0 aliphatic carbocycles. The Bertz CT molecular complexity index is 627. The second-order valence-corrected chi connectivity index (χ2v) is 6.65. The van der Waals surface area contributed by atoms with E-state index in [1.54, 1.807) is 7.11 Å². The zero-order valence-corrected chi connectivity index (χ0v) is 16.1. The lowest BCUT2D eigenvalue weighted by Gasteiger charge is -2.23. The standard InChI is InChI=1S/C15H22N4O5S.ClH/c1-24-10-8-16-6-7-17-14(20)11-3-2-9-18(11)15(21)12-4-5-13(25-12)19(22)23;/h4-5,11,16H,2-3,6-10H2,1H3,(H,17,20);1H. The van der Waals surface area contributed by atoms with Crippen molar-refractivity contribution in [3.8, 4) is 0 Å². The Balaban J connectivity index is 0.00000338. The Morgan fingerprint density at radius 2 is 2.15 bits per heavy atom. The maximum Gasteiger partial charge on any atom is 0.324 e. The van der Waals surface area contributed by atoms with Gasteiger partial charge in [0.2, 0.25) is 5.91 Å². The van der Waals surface area contributed by atoms with E-state index in [4.69, 9.17) is 4.74 Å². The smallest absolute Gasteiger partial charge is 0.324 e. The second kappa shape index (κ2) is 11.1. The van der Waals surface area contributed by atoms with Gasteiger partial charge in [0.1, 0.15) is 6.04 Å². The van der Waals surface area contributed by atoms with Crippen molar-refractivity contribution in [1.82, 2.24) is 15.5 Å². The van der Waals surface area contributed by atoms with Crippen LogP contribution in [0.3, 0.4) is 0 Å². The molecule has 0 radical (unpaired) electrons. The van der Waals surface area contributed by atoms with Crippen LogP contribution in [-0.2, 0) is 9.53 Å². The summed E-state index contributed by atoms with van der Waals surface area (Å²) in [7, 11) is 1.62. The van der Waals surface area contributed by atoms with Gasteiger partial charge in [0.15, 0.2) is 0 Å². The fourth-order valence-electron chi connectivity index (χ4n) is 2.66. The molecule has 0 aromatic carbocycles. The first-order valence-corrected chi connectivity index (χ1v) is 8.88. The van der Waals surface area contributed by atoms with Gasteiger partial charge < -0.3 is 20.3 Å². The lowest BCUT2D eigenvalue weighted by molar-refractivity contribution is -0.380. The van der Waals surface area contributed by atoms with Crippen LogP contribution in [0.25, 0.3) is 0 Å². The van der Waals surface area contributed by atoms with Crippen molar-refractivity contribution in [1.29, 1.82) is 0 Å². The van der Waals surface area contributed by atoms with Crippen LogP contribution in [0.5, 0.6) is 0 Å². The number of halogens is 1. The number of thiophene rings is 1. The van der Waals surface area contributed by atoms with Crippen LogP contribution >= 0.6 is 23.7 Å². The third-order valence-corrected chi connectivity index (χ3v) is 4.91. The van der Waals surface area contributed by atoms with Gasteiger partial charge in [-0.05, 0) is 18.9 Å². The summed E-state index contributed by atoms with van der Waals surface area (Å²) >= 11 is 0.835. The Labute approximate surface area is 161 Å². The lowest BCUT2D eigenvalue weighted by atomic mass is 10.2. The zero-order chi connectivity index (χ0) is 18.2. The number of nitro groups is 1. The van der Waals surface area contributed by atoms with Crippen LogP contribution in [0, 0.1) is 10.1 Å². The zero-order valence-electron chi connectivity index (χ0n) is 14.4. The number of hydrogen-bond acceptors (Lipinski definition) is 7. The summed E-state index contributed by atoms with van der Waals surface area (Å²) in [6.07, 6.45) is 1.34. The Morgan fingerprint density at radius 1 is 1.38 bits per heavy atom. The molecule has 2 rings (SSSR count). The molecule has 1 fully saturated rings. The number of nitrogens with zero attached hydrogens (tertiary/aromatic N) is 2. The van der Waals surface area contributed by atoms with E-state index in [2.05, 4.69) is 10.6 Å². The van der Waals surface area contributed by atoms with Crippen LogP contribution in [0.1, 0.15) is 22.5 Å². The molecule has 0 spiro atoms. The van der Waals surface area contributed by atoms with Crippen molar-refractivity contribution in [3.05, 3.63) is 27.1 Å². The predicted molar refractivity (Wildman–Crippen MR) is 100 cm³/mol. The Morgan fingerprint density at radius 3 is 2.81 bits per heavy atom. The number of rotatable bonds is 9. The van der Waals surface area contributed by atoms with E-state index in [1.165, 1.54) is 17.0 Å². The maximum atomic E-state index is 12.6. The minimum Gasteiger partial charge on any atom is -0.383 e. The largest absolute Gasteiger partial charge is 0.383 e. The molecule has 2 N–H and O–H groups in total. The van der Waals surface area contributed by atoms with Crippen molar-refractivity contribution in [3.63, 3.8) is 0 Å². The minimum atomic E-state index is -0.522. The van der Waals surface area contributed by atoms with E-state index in [0.29, 0.717) is 39.2 Å². The molecule has 2 amide bonds. The number of amides is 2. The predicted octanol–water partition coefficient (Wildman–Crippen LogP) is 1.03. The van der Waals surface area contributed by atoms with Crippen molar-refractivity contribution in [2.75, 3.05) is 39.9 Å². The molecule has 1 aromatic heterocycles. The van der Waals surface area contributed by atoms with Crippen LogP contribution in [0.2, 0.25) is 0 Å². The first-order chi connectivity index (χ1) is 12.0. The number of likely N-dealkylation sites (tertiary alicyclic amines) is 1. The molecule has 1 aliphatic heterocycles. The highest BCUT2D eigenvalue weighted by molar-refractivity contribution is 7.17. The molecule has 2 heterocycles. The normalized spacial score (nSPS) is 16.2. The van der Waals surface area contributed by atoms with E-state index in [9.17, 15) is 19.7 Å². The van der Waals surface area contributed by atoms with Crippen LogP contribution in [0.4, 0.5) is 5.00 Å². The number of nitrogens with one attached hydrogen (secondary N) is 2. The summed E-state index contributed by atoms with van der Waals surface area (Å²) in [5.74, 6) is -0.514. The van der Waals surface area contributed by atoms with Gasteiger partial charge in [0.25, 0.3) is 5.91 Å². The maximum absolute atomic E-state index is 12.6. The fourth-order valence-corrected chi connectivity index (χ4v) is 3.43. The molecule has 0 bridgehead atoms. The minimum absolute atomic E-state index is 0.